The van der Waals surface area contributed by atoms with Gasteiger partial charge in [0.05, 0.1) is 24.8 Å². The molecule has 0 bridgehead atoms. The number of likely N-dealkylation sites (N-methyl/N-ethyl adjacent to an activating group) is 1. The molecule has 0 radical (unpaired) electrons. The van der Waals surface area contributed by atoms with E-state index in [0.29, 0.717) is 17.9 Å². The van der Waals surface area contributed by atoms with E-state index in [0.717, 1.165) is 0 Å². The average Bonchev–Trinajstić information content (AvgIpc) is 2.30. The van der Waals surface area contributed by atoms with Crippen LogP contribution in [-0.4, -0.2) is 29.9 Å². The van der Waals surface area contributed by atoms with Gasteiger partial charge in [-0.15, -0.1) is 0 Å². The first-order valence-electron chi connectivity index (χ1n) is 5.35. The van der Waals surface area contributed by atoms with Crippen molar-refractivity contribution in [3.63, 3.8) is 0 Å². The molecule has 0 unspecified atom stereocenters. The molecule has 1 rings (SSSR count). The van der Waals surface area contributed by atoms with Gasteiger partial charge in [0, 0.05) is 12.2 Å². The zero-order chi connectivity index (χ0) is 12.7. The van der Waals surface area contributed by atoms with Crippen LogP contribution in [0.2, 0.25) is 0 Å². The maximum absolute atomic E-state index is 11.4. The summed E-state index contributed by atoms with van der Waals surface area (Å²) >= 11 is 0. The Hall–Kier alpha value is -2.11. The number of anilines is 1. The molecule has 0 saturated heterocycles. The Balaban J connectivity index is 2.34. The highest BCUT2D eigenvalue weighted by Crippen LogP contribution is 2.01. The van der Waals surface area contributed by atoms with Crippen LogP contribution < -0.4 is 16.4 Å². The number of amides is 2. The minimum atomic E-state index is -0.242. The molecule has 1 aromatic rings. The van der Waals surface area contributed by atoms with Crippen molar-refractivity contribution in [1.29, 1.82) is 0 Å². The van der Waals surface area contributed by atoms with Crippen LogP contribution in [0.3, 0.4) is 0 Å². The third kappa shape index (κ3) is 4.96. The van der Waals surface area contributed by atoms with Gasteiger partial charge in [-0.3, -0.25) is 14.6 Å². The zero-order valence-corrected chi connectivity index (χ0v) is 9.69. The topological polar surface area (TPSA) is 97.1 Å². The van der Waals surface area contributed by atoms with Crippen LogP contribution in [0.15, 0.2) is 18.3 Å². The number of hydrogen-bond acceptors (Lipinski definition) is 4. The van der Waals surface area contributed by atoms with Crippen molar-refractivity contribution in [2.24, 2.45) is 0 Å². The van der Waals surface area contributed by atoms with Gasteiger partial charge in [0.25, 0.3) is 0 Å². The van der Waals surface area contributed by atoms with Crippen LogP contribution in [0, 0.1) is 0 Å². The zero-order valence-electron chi connectivity index (χ0n) is 9.69. The maximum atomic E-state index is 11.4. The van der Waals surface area contributed by atoms with E-state index in [1.807, 2.05) is 6.92 Å². The molecular formula is C11H16N4O2. The number of nitrogen functional groups attached to an aromatic ring is 1. The number of carbonyl (C=O) groups excluding carboxylic acids is 2. The highest BCUT2D eigenvalue weighted by atomic mass is 16.2. The van der Waals surface area contributed by atoms with Gasteiger partial charge >= 0.3 is 0 Å². The minimum absolute atomic E-state index is 0.0123. The normalized spacial score (nSPS) is 9.71. The Morgan fingerprint density at radius 1 is 1.29 bits per heavy atom. The first-order valence-corrected chi connectivity index (χ1v) is 5.35. The lowest BCUT2D eigenvalue weighted by Crippen LogP contribution is -2.37. The summed E-state index contributed by atoms with van der Waals surface area (Å²) in [5.74, 6) is -0.445. The van der Waals surface area contributed by atoms with Crippen LogP contribution in [-0.2, 0) is 16.0 Å². The molecule has 92 valence electrons. The summed E-state index contributed by atoms with van der Waals surface area (Å²) in [6, 6.07) is 3.36. The Morgan fingerprint density at radius 3 is 2.65 bits per heavy atom. The van der Waals surface area contributed by atoms with E-state index in [1.54, 1.807) is 12.1 Å². The molecule has 1 heterocycles. The molecule has 2 amide bonds. The average molecular weight is 236 g/mol. The van der Waals surface area contributed by atoms with Crippen molar-refractivity contribution >= 4 is 17.5 Å². The Morgan fingerprint density at radius 2 is 2.06 bits per heavy atom. The largest absolute Gasteiger partial charge is 0.397 e. The van der Waals surface area contributed by atoms with Crippen molar-refractivity contribution in [2.45, 2.75) is 13.3 Å². The van der Waals surface area contributed by atoms with Gasteiger partial charge in [-0.2, -0.15) is 0 Å². The number of nitrogens with two attached hydrogens (primary N) is 1. The molecule has 17 heavy (non-hydrogen) atoms. The summed E-state index contributed by atoms with van der Waals surface area (Å²) in [5.41, 5.74) is 6.64. The molecule has 1 aromatic heterocycles. The van der Waals surface area contributed by atoms with Crippen molar-refractivity contribution in [1.82, 2.24) is 15.6 Å². The van der Waals surface area contributed by atoms with E-state index in [1.165, 1.54) is 6.20 Å². The number of nitrogens with one attached hydrogen (secondary N) is 2. The van der Waals surface area contributed by atoms with Gasteiger partial charge in [0.15, 0.2) is 0 Å². The van der Waals surface area contributed by atoms with E-state index in [2.05, 4.69) is 15.6 Å². The number of nitrogens with zero attached hydrogens (tertiary/aromatic N) is 1. The molecule has 6 nitrogen and oxygen atoms in total. The summed E-state index contributed by atoms with van der Waals surface area (Å²) in [7, 11) is 0. The van der Waals surface area contributed by atoms with E-state index >= 15 is 0 Å². The van der Waals surface area contributed by atoms with Crippen LogP contribution in [0.25, 0.3) is 0 Å². The van der Waals surface area contributed by atoms with E-state index in [9.17, 15) is 9.59 Å². The van der Waals surface area contributed by atoms with Gasteiger partial charge < -0.3 is 16.4 Å². The molecule has 0 aliphatic rings. The lowest BCUT2D eigenvalue weighted by atomic mass is 10.2. The van der Waals surface area contributed by atoms with Gasteiger partial charge in [-0.25, -0.2) is 0 Å². The third-order valence-electron chi connectivity index (χ3n) is 2.01. The number of pyridine rings is 1. The lowest BCUT2D eigenvalue weighted by Gasteiger charge is -2.05. The number of rotatable bonds is 5. The summed E-state index contributed by atoms with van der Waals surface area (Å²) in [4.78, 5) is 26.5. The molecule has 0 atom stereocenters. The van der Waals surface area contributed by atoms with Crippen LogP contribution in [0.1, 0.15) is 12.6 Å². The molecule has 0 aromatic carbocycles. The van der Waals surface area contributed by atoms with Gasteiger partial charge in [0.1, 0.15) is 0 Å². The monoisotopic (exact) mass is 236 g/mol. The molecule has 4 N–H and O–H groups in total. The fraction of sp³-hybridized carbons (Fsp3) is 0.364. The standard InChI is InChI=1S/C11H16N4O2/c1-2-13-11(17)7-15-10(16)5-9-4-3-8(12)6-14-9/h3-4,6H,2,5,7,12H2,1H3,(H,13,17)(H,15,16). The van der Waals surface area contributed by atoms with Crippen molar-refractivity contribution in [2.75, 3.05) is 18.8 Å². The highest BCUT2D eigenvalue weighted by Gasteiger charge is 2.06. The highest BCUT2D eigenvalue weighted by molar-refractivity contribution is 5.85. The quantitative estimate of drug-likeness (QED) is 0.639. The van der Waals surface area contributed by atoms with Crippen molar-refractivity contribution < 1.29 is 9.59 Å². The second kappa shape index (κ2) is 6.47. The second-order valence-electron chi connectivity index (χ2n) is 3.49. The minimum Gasteiger partial charge on any atom is -0.397 e. The van der Waals surface area contributed by atoms with Gasteiger partial charge in [-0.05, 0) is 19.1 Å². The third-order valence-corrected chi connectivity index (χ3v) is 2.01. The molecule has 0 spiro atoms. The SMILES string of the molecule is CCNC(=O)CNC(=O)Cc1ccc(N)cn1. The van der Waals surface area contributed by atoms with E-state index in [4.69, 9.17) is 5.73 Å². The molecule has 0 aliphatic heterocycles. The summed E-state index contributed by atoms with van der Waals surface area (Å²) in [6.45, 7) is 2.36. The van der Waals surface area contributed by atoms with E-state index < -0.39 is 0 Å². The van der Waals surface area contributed by atoms with Crippen LogP contribution in [0.4, 0.5) is 5.69 Å². The summed E-state index contributed by atoms with van der Waals surface area (Å²) in [5, 5.41) is 5.09. The lowest BCUT2D eigenvalue weighted by molar-refractivity contribution is -0.125. The van der Waals surface area contributed by atoms with E-state index in [-0.39, 0.29) is 24.8 Å². The molecule has 0 saturated carbocycles. The predicted molar refractivity (Wildman–Crippen MR) is 64.0 cm³/mol. The molecule has 6 heteroatoms. The fourth-order valence-electron chi connectivity index (χ4n) is 1.21. The first kappa shape index (κ1) is 13.0. The molecule has 0 fully saturated rings. The number of carbonyl (C=O) groups is 2. The first-order chi connectivity index (χ1) is 8.11. The fourth-order valence-corrected chi connectivity index (χ4v) is 1.21. The maximum Gasteiger partial charge on any atom is 0.239 e. The predicted octanol–water partition coefficient (Wildman–Crippen LogP) is -0.541. The van der Waals surface area contributed by atoms with Gasteiger partial charge in [0.2, 0.25) is 11.8 Å². The Kier molecular flexibility index (Phi) is 4.93. The smallest absolute Gasteiger partial charge is 0.239 e. The molecular weight excluding hydrogens is 220 g/mol. The number of hydrogen-bond donors (Lipinski definition) is 3. The second-order valence-corrected chi connectivity index (χ2v) is 3.49. The Bertz CT molecular complexity index is 389. The number of aromatic nitrogens is 1. The molecule has 0 aliphatic carbocycles. The van der Waals surface area contributed by atoms with Gasteiger partial charge in [-0.1, -0.05) is 0 Å². The summed E-state index contributed by atoms with van der Waals surface area (Å²) < 4.78 is 0. The van der Waals surface area contributed by atoms with Crippen LogP contribution >= 0.6 is 0 Å². The van der Waals surface area contributed by atoms with Crippen molar-refractivity contribution in [3.8, 4) is 0 Å². The van der Waals surface area contributed by atoms with Crippen LogP contribution in [0.5, 0.6) is 0 Å². The Labute approximate surface area is 99.6 Å². The summed E-state index contributed by atoms with van der Waals surface area (Å²) in [6.07, 6.45) is 1.63. The van der Waals surface area contributed by atoms with Crippen molar-refractivity contribution in [3.05, 3.63) is 24.0 Å².